The van der Waals surface area contributed by atoms with Crippen LogP contribution in [-0.4, -0.2) is 128 Å². The number of carboxylic acids is 1. The molecule has 0 spiro atoms. The van der Waals surface area contributed by atoms with Crippen LogP contribution in [0.4, 0.5) is 0 Å². The zero-order chi connectivity index (χ0) is 31.8. The first-order valence-corrected chi connectivity index (χ1v) is 13.6. The summed E-state index contributed by atoms with van der Waals surface area (Å²) < 4.78 is 22.1. The van der Waals surface area contributed by atoms with Gasteiger partial charge in [0.25, 0.3) is 0 Å². The van der Waals surface area contributed by atoms with Crippen LogP contribution in [0.25, 0.3) is 0 Å². The SMILES string of the molecule is CCOc1cc2c(cc1OC)C(c1cnc(OC)nc1OC)=N[C@@H]1CC[C@@H](O)C[C@H]21.O=C(O)[C@H](O)[C@@H](O)[C@H](O)[C@H](O)CO. The van der Waals surface area contributed by atoms with Gasteiger partial charge >= 0.3 is 12.0 Å². The lowest BCUT2D eigenvalue weighted by Gasteiger charge is -2.37. The second-order valence-corrected chi connectivity index (χ2v) is 9.94. The Morgan fingerprint density at radius 2 is 1.72 bits per heavy atom. The minimum absolute atomic E-state index is 0.0607. The molecule has 15 heteroatoms. The lowest BCUT2D eigenvalue weighted by atomic mass is 9.74. The number of carboxylic acid groups (broad SMARTS) is 1. The average Bonchev–Trinajstić information content (AvgIpc) is 3.02. The van der Waals surface area contributed by atoms with Gasteiger partial charge in [-0.25, -0.2) is 9.78 Å². The number of nitrogens with zero attached hydrogens (tertiary/aromatic N) is 3. The second-order valence-electron chi connectivity index (χ2n) is 9.94. The minimum Gasteiger partial charge on any atom is -0.493 e. The van der Waals surface area contributed by atoms with Crippen LogP contribution in [0.5, 0.6) is 23.4 Å². The van der Waals surface area contributed by atoms with Crippen LogP contribution in [0.1, 0.15) is 48.8 Å². The summed E-state index contributed by atoms with van der Waals surface area (Å²) in [4.78, 5) is 23.8. The van der Waals surface area contributed by atoms with Crippen LogP contribution >= 0.6 is 0 Å². The largest absolute Gasteiger partial charge is 0.493 e. The second kappa shape index (κ2) is 15.2. The molecule has 0 radical (unpaired) electrons. The van der Waals surface area contributed by atoms with E-state index >= 15 is 0 Å². The maximum Gasteiger partial charge on any atom is 0.335 e. The first kappa shape index (κ1) is 33.9. The van der Waals surface area contributed by atoms with Crippen molar-refractivity contribution in [2.75, 3.05) is 34.5 Å². The van der Waals surface area contributed by atoms with Gasteiger partial charge in [0.15, 0.2) is 17.6 Å². The van der Waals surface area contributed by atoms with Crippen LogP contribution in [-0.2, 0) is 4.79 Å². The van der Waals surface area contributed by atoms with Crippen molar-refractivity contribution < 1.29 is 59.5 Å². The summed E-state index contributed by atoms with van der Waals surface area (Å²) >= 11 is 0. The molecule has 2 aliphatic rings. The van der Waals surface area contributed by atoms with Gasteiger partial charge in [-0.05, 0) is 43.9 Å². The summed E-state index contributed by atoms with van der Waals surface area (Å²) in [6.07, 6.45) is -4.28. The number of fused-ring (bicyclic) bond motifs is 3. The number of aliphatic hydroxyl groups is 6. The van der Waals surface area contributed by atoms with E-state index in [9.17, 15) is 9.90 Å². The van der Waals surface area contributed by atoms with Crippen LogP contribution < -0.4 is 18.9 Å². The Labute approximate surface area is 248 Å². The number of hydrogen-bond acceptors (Lipinski definition) is 14. The van der Waals surface area contributed by atoms with Crippen molar-refractivity contribution in [3.63, 3.8) is 0 Å². The lowest BCUT2D eigenvalue weighted by Crippen LogP contribution is -2.48. The Morgan fingerprint density at radius 3 is 2.30 bits per heavy atom. The van der Waals surface area contributed by atoms with Crippen LogP contribution in [0.2, 0.25) is 0 Å². The maximum absolute atomic E-state index is 10.3. The highest BCUT2D eigenvalue weighted by Crippen LogP contribution is 2.45. The summed E-state index contributed by atoms with van der Waals surface area (Å²) in [5, 5.41) is 62.1. The first-order chi connectivity index (χ1) is 20.5. The molecule has 2 heterocycles. The Balaban J connectivity index is 0.000000331. The third-order valence-corrected chi connectivity index (χ3v) is 7.24. The third-order valence-electron chi connectivity index (χ3n) is 7.24. The number of ether oxygens (including phenoxy) is 4. The van der Waals surface area contributed by atoms with E-state index in [1.807, 2.05) is 19.1 Å². The molecule has 4 rings (SSSR count). The molecule has 0 unspecified atom stereocenters. The van der Waals surface area contributed by atoms with Crippen molar-refractivity contribution in [1.29, 1.82) is 0 Å². The van der Waals surface area contributed by atoms with Crippen molar-refractivity contribution in [3.05, 3.63) is 35.0 Å². The zero-order valence-electron chi connectivity index (χ0n) is 24.3. The number of rotatable bonds is 11. The monoisotopic (exact) mass is 609 g/mol. The molecule has 2 aromatic rings. The van der Waals surface area contributed by atoms with Gasteiger partial charge in [0, 0.05) is 17.7 Å². The molecule has 7 atom stereocenters. The van der Waals surface area contributed by atoms with E-state index in [-0.39, 0.29) is 24.1 Å². The van der Waals surface area contributed by atoms with Crippen LogP contribution in [0, 0.1) is 0 Å². The highest BCUT2D eigenvalue weighted by Gasteiger charge is 2.38. The predicted octanol–water partition coefficient (Wildman–Crippen LogP) is -0.744. The van der Waals surface area contributed by atoms with Crippen LogP contribution in [0.15, 0.2) is 23.3 Å². The summed E-state index contributed by atoms with van der Waals surface area (Å²) in [5.41, 5.74) is 3.45. The van der Waals surface area contributed by atoms with Gasteiger partial charge < -0.3 is 54.7 Å². The number of aliphatic carboxylic acids is 1. The number of aliphatic imine (C=N–C) groups is 1. The molecule has 1 aliphatic carbocycles. The molecular formula is C28H39N3O12. The highest BCUT2D eigenvalue weighted by molar-refractivity contribution is 6.16. The first-order valence-electron chi connectivity index (χ1n) is 13.6. The van der Waals surface area contributed by atoms with E-state index in [1.54, 1.807) is 20.4 Å². The Kier molecular flexibility index (Phi) is 12.0. The molecule has 0 amide bonds. The maximum atomic E-state index is 10.3. The van der Waals surface area contributed by atoms with E-state index in [2.05, 4.69) is 9.97 Å². The number of aliphatic hydroxyl groups excluding tert-OH is 6. The van der Waals surface area contributed by atoms with Gasteiger partial charge in [0.2, 0.25) is 5.88 Å². The van der Waals surface area contributed by atoms with Crippen molar-refractivity contribution in [2.24, 2.45) is 4.99 Å². The summed E-state index contributed by atoms with van der Waals surface area (Å²) in [6.45, 7) is 1.63. The molecule has 1 aliphatic heterocycles. The molecule has 1 fully saturated rings. The Morgan fingerprint density at radius 1 is 1.00 bits per heavy atom. The summed E-state index contributed by atoms with van der Waals surface area (Å²) in [6, 6.07) is 4.26. The zero-order valence-corrected chi connectivity index (χ0v) is 24.3. The van der Waals surface area contributed by atoms with Gasteiger partial charge in [-0.3, -0.25) is 4.99 Å². The number of hydrogen-bond donors (Lipinski definition) is 7. The van der Waals surface area contributed by atoms with Crippen molar-refractivity contribution in [3.8, 4) is 23.4 Å². The lowest BCUT2D eigenvalue weighted by molar-refractivity contribution is -0.164. The number of methoxy groups -OCH3 is 3. The number of benzene rings is 1. The molecule has 7 N–H and O–H groups in total. The molecular weight excluding hydrogens is 570 g/mol. The topological polar surface area (TPSA) is 234 Å². The molecule has 15 nitrogen and oxygen atoms in total. The Hall–Kier alpha value is -3.60. The fourth-order valence-corrected chi connectivity index (χ4v) is 5.02. The quantitative estimate of drug-likeness (QED) is 0.166. The van der Waals surface area contributed by atoms with Gasteiger partial charge in [-0.1, -0.05) is 0 Å². The molecule has 1 aromatic carbocycles. The predicted molar refractivity (Wildman–Crippen MR) is 150 cm³/mol. The molecule has 43 heavy (non-hydrogen) atoms. The smallest absolute Gasteiger partial charge is 0.335 e. The third kappa shape index (κ3) is 7.68. The van der Waals surface area contributed by atoms with Gasteiger partial charge in [0.1, 0.15) is 18.3 Å². The van der Waals surface area contributed by atoms with Gasteiger partial charge in [-0.2, -0.15) is 4.98 Å². The average molecular weight is 610 g/mol. The van der Waals surface area contributed by atoms with Crippen molar-refractivity contribution in [1.82, 2.24) is 9.97 Å². The van der Waals surface area contributed by atoms with Gasteiger partial charge in [-0.15, -0.1) is 0 Å². The van der Waals surface area contributed by atoms with E-state index < -0.39 is 37.0 Å². The number of carbonyl (C=O) groups is 1. The molecule has 1 aromatic heterocycles. The summed E-state index contributed by atoms with van der Waals surface area (Å²) in [5.74, 6) is 0.108. The van der Waals surface area contributed by atoms with E-state index in [0.29, 0.717) is 36.0 Å². The van der Waals surface area contributed by atoms with E-state index in [4.69, 9.17) is 54.6 Å². The van der Waals surface area contributed by atoms with Gasteiger partial charge in [0.05, 0.1) is 58.0 Å². The molecule has 1 saturated carbocycles. The molecule has 0 saturated heterocycles. The highest BCUT2D eigenvalue weighted by atomic mass is 16.5. The fourth-order valence-electron chi connectivity index (χ4n) is 5.02. The fraction of sp³-hybridized carbons (Fsp3) is 0.571. The van der Waals surface area contributed by atoms with E-state index in [0.717, 1.165) is 29.7 Å². The van der Waals surface area contributed by atoms with Crippen molar-refractivity contribution in [2.45, 2.75) is 68.7 Å². The Bertz CT molecular complexity index is 1280. The number of aromatic nitrogens is 2. The minimum atomic E-state index is -2.20. The van der Waals surface area contributed by atoms with Crippen LogP contribution in [0.3, 0.4) is 0 Å². The van der Waals surface area contributed by atoms with E-state index in [1.165, 1.54) is 7.11 Å². The van der Waals surface area contributed by atoms with Crippen molar-refractivity contribution >= 4 is 11.7 Å². The summed E-state index contributed by atoms with van der Waals surface area (Å²) in [7, 11) is 4.70. The standard InChI is InChI=1S/C22H27N3O5.C6H12O7/c1-5-30-19-9-13-14-8-12(26)6-7-17(14)24-20(15(13)10-18(19)27-2)16-11-23-22(29-4)25-21(16)28-3;7-1-2(8)3(9)4(10)5(11)6(12)13/h9-12,14,17,26H,5-8H2,1-4H3;2-5,7-11H,1H2,(H,12,13)/t12-,14-,17-;2-,3-,4+,5-/m11/s1. The molecule has 238 valence electrons. The molecule has 0 bridgehead atoms. The normalized spacial score (nSPS) is 21.8.